The highest BCUT2D eigenvalue weighted by Gasteiger charge is 2.05. The van der Waals surface area contributed by atoms with Gasteiger partial charge >= 0.3 is 0 Å². The van der Waals surface area contributed by atoms with Gasteiger partial charge in [0.2, 0.25) is 5.91 Å². The number of primary amides is 1. The summed E-state index contributed by atoms with van der Waals surface area (Å²) in [7, 11) is 0. The number of nitrogens with zero attached hydrogens (tertiary/aromatic N) is 1. The molecule has 5 heteroatoms. The Bertz CT molecular complexity index is 571. The molecule has 2 aromatic rings. The average Bonchev–Trinajstić information content (AvgIpc) is 2.37. The molecule has 2 rings (SSSR count). The molecule has 0 radical (unpaired) electrons. The van der Waals surface area contributed by atoms with Crippen LogP contribution >= 0.6 is 15.9 Å². The van der Waals surface area contributed by atoms with Gasteiger partial charge < -0.3 is 11.1 Å². The number of fused-ring (bicyclic) bond motifs is 1. The van der Waals surface area contributed by atoms with E-state index in [4.69, 9.17) is 5.73 Å². The predicted octanol–water partition coefficient (Wildman–Crippen LogP) is 1.96. The van der Waals surface area contributed by atoms with Crippen LogP contribution in [0.25, 0.3) is 10.9 Å². The lowest BCUT2D eigenvalue weighted by atomic mass is 10.1. The van der Waals surface area contributed by atoms with Gasteiger partial charge in [0.05, 0.1) is 5.52 Å². The molecule has 3 N–H and O–H groups in total. The van der Waals surface area contributed by atoms with Gasteiger partial charge in [0, 0.05) is 35.6 Å². The number of amides is 1. The van der Waals surface area contributed by atoms with E-state index < -0.39 is 0 Å². The number of benzene rings is 1. The molecule has 0 unspecified atom stereocenters. The van der Waals surface area contributed by atoms with Crippen molar-refractivity contribution in [2.24, 2.45) is 5.73 Å². The average molecular weight is 308 g/mol. The summed E-state index contributed by atoms with van der Waals surface area (Å²) in [5.74, 6) is -0.290. The van der Waals surface area contributed by atoms with Gasteiger partial charge in [0.25, 0.3) is 0 Å². The quantitative estimate of drug-likeness (QED) is 0.830. The molecule has 4 nitrogen and oxygen atoms in total. The van der Waals surface area contributed by atoms with E-state index in [0.29, 0.717) is 19.5 Å². The number of halogens is 1. The van der Waals surface area contributed by atoms with Gasteiger partial charge in [0.1, 0.15) is 0 Å². The molecule has 0 bridgehead atoms. The number of carbonyl (C=O) groups excluding carboxylic acids is 1. The molecule has 94 valence electrons. The number of carbonyl (C=O) groups is 1. The molecular weight excluding hydrogens is 294 g/mol. The van der Waals surface area contributed by atoms with Crippen LogP contribution < -0.4 is 11.1 Å². The number of pyridine rings is 1. The third kappa shape index (κ3) is 3.05. The first kappa shape index (κ1) is 13.0. The fourth-order valence-corrected chi connectivity index (χ4v) is 2.23. The van der Waals surface area contributed by atoms with E-state index >= 15 is 0 Å². The molecule has 1 amide bonds. The zero-order valence-electron chi connectivity index (χ0n) is 9.82. The second kappa shape index (κ2) is 5.93. The van der Waals surface area contributed by atoms with Crippen LogP contribution in [0.5, 0.6) is 0 Å². The van der Waals surface area contributed by atoms with E-state index in [1.807, 2.05) is 24.3 Å². The summed E-state index contributed by atoms with van der Waals surface area (Å²) in [4.78, 5) is 15.0. The van der Waals surface area contributed by atoms with Crippen LogP contribution in [-0.2, 0) is 11.3 Å². The fraction of sp³-hybridized carbons (Fsp3) is 0.231. The van der Waals surface area contributed by atoms with Crippen LogP contribution in [0, 0.1) is 0 Å². The highest BCUT2D eigenvalue weighted by molar-refractivity contribution is 9.10. The predicted molar refractivity (Wildman–Crippen MR) is 75.0 cm³/mol. The second-order valence-electron chi connectivity index (χ2n) is 4.00. The maximum Gasteiger partial charge on any atom is 0.218 e. The van der Waals surface area contributed by atoms with Crippen molar-refractivity contribution < 1.29 is 4.79 Å². The van der Waals surface area contributed by atoms with E-state index in [9.17, 15) is 4.79 Å². The summed E-state index contributed by atoms with van der Waals surface area (Å²) in [5.41, 5.74) is 7.17. The summed E-state index contributed by atoms with van der Waals surface area (Å²) in [6.45, 7) is 1.26. The molecule has 0 spiro atoms. The minimum absolute atomic E-state index is 0.290. The van der Waals surface area contributed by atoms with E-state index in [-0.39, 0.29) is 5.91 Å². The zero-order valence-corrected chi connectivity index (χ0v) is 11.4. The second-order valence-corrected chi connectivity index (χ2v) is 4.85. The highest BCUT2D eigenvalue weighted by Crippen LogP contribution is 2.24. The van der Waals surface area contributed by atoms with Crippen LogP contribution in [0.15, 0.2) is 34.9 Å². The number of rotatable bonds is 5. The van der Waals surface area contributed by atoms with E-state index in [2.05, 4.69) is 26.2 Å². The molecule has 1 aromatic carbocycles. The first-order chi connectivity index (χ1) is 8.68. The lowest BCUT2D eigenvalue weighted by molar-refractivity contribution is -0.117. The number of hydrogen-bond donors (Lipinski definition) is 2. The standard InChI is InChI=1S/C13H14BrN3O/c14-11-4-3-9(8-16-7-5-12(15)18)13-10(11)2-1-6-17-13/h1-4,6,16H,5,7-8H2,(H2,15,18). The molecule has 0 fully saturated rings. The molecule has 0 aliphatic heterocycles. The number of hydrogen-bond acceptors (Lipinski definition) is 3. The highest BCUT2D eigenvalue weighted by atomic mass is 79.9. The van der Waals surface area contributed by atoms with E-state index in [0.717, 1.165) is 20.9 Å². The summed E-state index contributed by atoms with van der Waals surface area (Å²) < 4.78 is 1.03. The number of nitrogens with one attached hydrogen (secondary N) is 1. The Morgan fingerprint density at radius 2 is 2.22 bits per heavy atom. The van der Waals surface area contributed by atoms with Crippen molar-refractivity contribution in [1.29, 1.82) is 0 Å². The minimum Gasteiger partial charge on any atom is -0.370 e. The van der Waals surface area contributed by atoms with Crippen molar-refractivity contribution in [3.05, 3.63) is 40.5 Å². The first-order valence-electron chi connectivity index (χ1n) is 5.69. The maximum atomic E-state index is 10.6. The topological polar surface area (TPSA) is 68.0 Å². The third-order valence-electron chi connectivity index (χ3n) is 2.66. The largest absolute Gasteiger partial charge is 0.370 e. The van der Waals surface area contributed by atoms with Crippen LogP contribution in [-0.4, -0.2) is 17.4 Å². The van der Waals surface area contributed by atoms with Crippen molar-refractivity contribution >= 4 is 32.7 Å². The Kier molecular flexibility index (Phi) is 4.28. The van der Waals surface area contributed by atoms with E-state index in [1.165, 1.54) is 0 Å². The van der Waals surface area contributed by atoms with Gasteiger partial charge in [-0.2, -0.15) is 0 Å². The maximum absolute atomic E-state index is 10.6. The Morgan fingerprint density at radius 3 is 3.00 bits per heavy atom. The van der Waals surface area contributed by atoms with Gasteiger partial charge in [-0.25, -0.2) is 0 Å². The Balaban J connectivity index is 2.14. The number of nitrogens with two attached hydrogens (primary N) is 1. The minimum atomic E-state index is -0.290. The SMILES string of the molecule is NC(=O)CCNCc1ccc(Br)c2cccnc12. The molecule has 0 saturated carbocycles. The van der Waals surface area contributed by atoms with Crippen LogP contribution in [0.4, 0.5) is 0 Å². The first-order valence-corrected chi connectivity index (χ1v) is 6.49. The Labute approximate surface area is 114 Å². The fourth-order valence-electron chi connectivity index (χ4n) is 1.77. The van der Waals surface area contributed by atoms with Crippen LogP contribution in [0.3, 0.4) is 0 Å². The zero-order chi connectivity index (χ0) is 13.0. The monoisotopic (exact) mass is 307 g/mol. The van der Waals surface area contributed by atoms with Crippen molar-refractivity contribution in [2.75, 3.05) is 6.54 Å². The number of aromatic nitrogens is 1. The van der Waals surface area contributed by atoms with Crippen LogP contribution in [0.2, 0.25) is 0 Å². The van der Waals surface area contributed by atoms with Crippen molar-refractivity contribution in [3.8, 4) is 0 Å². The summed E-state index contributed by atoms with van der Waals surface area (Å²) >= 11 is 3.51. The molecule has 0 saturated heterocycles. The van der Waals surface area contributed by atoms with Gasteiger partial charge in [-0.3, -0.25) is 9.78 Å². The third-order valence-corrected chi connectivity index (χ3v) is 3.36. The molecule has 18 heavy (non-hydrogen) atoms. The molecular formula is C13H14BrN3O. The molecule has 1 heterocycles. The molecule has 0 atom stereocenters. The smallest absolute Gasteiger partial charge is 0.218 e. The summed E-state index contributed by atoms with van der Waals surface area (Å²) in [6.07, 6.45) is 2.13. The lowest BCUT2D eigenvalue weighted by Gasteiger charge is -2.08. The molecule has 0 aliphatic carbocycles. The van der Waals surface area contributed by atoms with Crippen molar-refractivity contribution in [2.45, 2.75) is 13.0 Å². The van der Waals surface area contributed by atoms with Crippen molar-refractivity contribution in [1.82, 2.24) is 10.3 Å². The normalized spacial score (nSPS) is 10.7. The van der Waals surface area contributed by atoms with Gasteiger partial charge in [0.15, 0.2) is 0 Å². The Morgan fingerprint density at radius 1 is 1.39 bits per heavy atom. The Hall–Kier alpha value is -1.46. The summed E-state index contributed by atoms with van der Waals surface area (Å²) in [6, 6.07) is 7.97. The van der Waals surface area contributed by atoms with Gasteiger partial charge in [-0.15, -0.1) is 0 Å². The lowest BCUT2D eigenvalue weighted by Crippen LogP contribution is -2.21. The van der Waals surface area contributed by atoms with Crippen LogP contribution in [0.1, 0.15) is 12.0 Å². The van der Waals surface area contributed by atoms with E-state index in [1.54, 1.807) is 6.20 Å². The summed E-state index contributed by atoms with van der Waals surface area (Å²) in [5, 5.41) is 4.28. The molecule has 0 aliphatic rings. The van der Waals surface area contributed by atoms with Gasteiger partial charge in [-0.1, -0.05) is 28.1 Å². The molecule has 1 aromatic heterocycles. The van der Waals surface area contributed by atoms with Gasteiger partial charge in [-0.05, 0) is 17.7 Å². The van der Waals surface area contributed by atoms with Crippen molar-refractivity contribution in [3.63, 3.8) is 0 Å².